The van der Waals surface area contributed by atoms with Gasteiger partial charge in [0.15, 0.2) is 0 Å². The molecule has 128 valence electrons. The summed E-state index contributed by atoms with van der Waals surface area (Å²) in [5, 5.41) is 9.45. The van der Waals surface area contributed by atoms with E-state index < -0.39 is 0 Å². The first-order chi connectivity index (χ1) is 12.1. The van der Waals surface area contributed by atoms with E-state index in [2.05, 4.69) is 4.98 Å². The fourth-order valence-electron chi connectivity index (χ4n) is 3.07. The van der Waals surface area contributed by atoms with Gasteiger partial charge in [0, 0.05) is 25.0 Å². The Kier molecular flexibility index (Phi) is 3.92. The van der Waals surface area contributed by atoms with Gasteiger partial charge in [0.25, 0.3) is 5.91 Å². The summed E-state index contributed by atoms with van der Waals surface area (Å²) in [7, 11) is 0. The van der Waals surface area contributed by atoms with Crippen molar-refractivity contribution in [2.45, 2.75) is 26.3 Å². The van der Waals surface area contributed by atoms with Gasteiger partial charge in [-0.05, 0) is 55.5 Å². The van der Waals surface area contributed by atoms with E-state index in [9.17, 15) is 9.90 Å². The van der Waals surface area contributed by atoms with Crippen molar-refractivity contribution in [3.8, 4) is 5.75 Å². The molecule has 1 aliphatic carbocycles. The maximum atomic E-state index is 13.1. The van der Waals surface area contributed by atoms with E-state index in [4.69, 9.17) is 0 Å². The van der Waals surface area contributed by atoms with Gasteiger partial charge in [-0.15, -0.1) is 0 Å². The highest BCUT2D eigenvalue weighted by atomic mass is 16.3. The minimum absolute atomic E-state index is 0.0388. The first-order valence-electron chi connectivity index (χ1n) is 8.62. The number of aromatic nitrogens is 2. The van der Waals surface area contributed by atoms with E-state index in [1.165, 1.54) is 12.8 Å². The molecule has 1 fully saturated rings. The van der Waals surface area contributed by atoms with Gasteiger partial charge >= 0.3 is 0 Å². The minimum Gasteiger partial charge on any atom is -0.508 e. The number of phenolic OH excluding ortho intramolecular Hbond substituents is 1. The molecular formula is C20H21N3O2. The quantitative estimate of drug-likeness (QED) is 0.777. The van der Waals surface area contributed by atoms with Crippen molar-refractivity contribution < 1.29 is 9.90 Å². The number of aromatic hydroxyl groups is 1. The second kappa shape index (κ2) is 6.24. The van der Waals surface area contributed by atoms with Gasteiger partial charge in [-0.2, -0.15) is 0 Å². The van der Waals surface area contributed by atoms with Gasteiger partial charge in [0.1, 0.15) is 17.1 Å². The number of rotatable bonds is 5. The smallest absolute Gasteiger partial charge is 0.274 e. The lowest BCUT2D eigenvalue weighted by molar-refractivity contribution is 0.0729. The van der Waals surface area contributed by atoms with Crippen LogP contribution in [0.15, 0.2) is 48.7 Å². The second-order valence-corrected chi connectivity index (χ2v) is 6.82. The molecule has 1 saturated carbocycles. The molecule has 4 rings (SSSR count). The molecule has 1 aliphatic rings. The van der Waals surface area contributed by atoms with Crippen LogP contribution in [0.4, 0.5) is 0 Å². The highest BCUT2D eigenvalue weighted by Crippen LogP contribution is 2.31. The Morgan fingerprint density at radius 3 is 2.68 bits per heavy atom. The fraction of sp³-hybridized carbons (Fsp3) is 0.300. The lowest BCUT2D eigenvalue weighted by Crippen LogP contribution is -2.32. The molecule has 1 amide bonds. The van der Waals surface area contributed by atoms with Crippen LogP contribution in [0.2, 0.25) is 0 Å². The number of hydrogen-bond donors (Lipinski definition) is 1. The molecular weight excluding hydrogens is 314 g/mol. The summed E-state index contributed by atoms with van der Waals surface area (Å²) in [6.07, 6.45) is 4.19. The SMILES string of the molecule is Cc1cccc2nc(C(=O)N(Cc3ccc(O)cc3)CC3CC3)cn12. The number of carbonyl (C=O) groups excluding carboxylic acids is 1. The van der Waals surface area contributed by atoms with Gasteiger partial charge in [-0.25, -0.2) is 4.98 Å². The molecule has 5 nitrogen and oxygen atoms in total. The van der Waals surface area contributed by atoms with Gasteiger partial charge < -0.3 is 14.4 Å². The average molecular weight is 335 g/mol. The highest BCUT2D eigenvalue weighted by Gasteiger charge is 2.28. The molecule has 0 unspecified atom stereocenters. The number of pyridine rings is 1. The monoisotopic (exact) mass is 335 g/mol. The average Bonchev–Trinajstić information content (AvgIpc) is 3.31. The van der Waals surface area contributed by atoms with Crippen molar-refractivity contribution in [3.63, 3.8) is 0 Å². The van der Waals surface area contributed by atoms with Crippen LogP contribution in [-0.4, -0.2) is 31.8 Å². The predicted molar refractivity (Wildman–Crippen MR) is 95.5 cm³/mol. The predicted octanol–water partition coefficient (Wildman–Crippen LogP) is 3.40. The van der Waals surface area contributed by atoms with Crippen LogP contribution in [-0.2, 0) is 6.54 Å². The van der Waals surface area contributed by atoms with Crippen LogP contribution in [0.5, 0.6) is 5.75 Å². The Morgan fingerprint density at radius 1 is 1.24 bits per heavy atom. The minimum atomic E-state index is -0.0388. The van der Waals surface area contributed by atoms with Gasteiger partial charge in [0.2, 0.25) is 0 Å². The second-order valence-electron chi connectivity index (χ2n) is 6.82. The molecule has 25 heavy (non-hydrogen) atoms. The molecule has 0 atom stereocenters. The van der Waals surface area contributed by atoms with E-state index in [1.807, 2.05) is 52.8 Å². The van der Waals surface area contributed by atoms with Crippen LogP contribution in [0.1, 0.15) is 34.6 Å². The molecule has 0 spiro atoms. The Morgan fingerprint density at radius 2 is 2.00 bits per heavy atom. The van der Waals surface area contributed by atoms with Crippen molar-refractivity contribution in [1.29, 1.82) is 0 Å². The third-order valence-corrected chi connectivity index (χ3v) is 4.69. The summed E-state index contributed by atoms with van der Waals surface area (Å²) in [5.41, 5.74) is 3.33. The Balaban J connectivity index is 1.61. The molecule has 2 heterocycles. The van der Waals surface area contributed by atoms with Crippen molar-refractivity contribution in [2.24, 2.45) is 5.92 Å². The number of carbonyl (C=O) groups is 1. The van der Waals surface area contributed by atoms with Crippen LogP contribution in [0.25, 0.3) is 5.65 Å². The summed E-state index contributed by atoms with van der Waals surface area (Å²) in [4.78, 5) is 19.4. The van der Waals surface area contributed by atoms with Crippen LogP contribution in [0.3, 0.4) is 0 Å². The molecule has 0 aliphatic heterocycles. The Labute approximate surface area is 146 Å². The Bertz CT molecular complexity index is 910. The van der Waals surface area contributed by atoms with Crippen molar-refractivity contribution in [2.75, 3.05) is 6.54 Å². The molecule has 0 saturated heterocycles. The number of hydrogen-bond acceptors (Lipinski definition) is 3. The fourth-order valence-corrected chi connectivity index (χ4v) is 3.07. The van der Waals surface area contributed by atoms with Gasteiger partial charge in [-0.3, -0.25) is 4.79 Å². The van der Waals surface area contributed by atoms with E-state index in [1.54, 1.807) is 12.1 Å². The summed E-state index contributed by atoms with van der Waals surface area (Å²) >= 11 is 0. The number of imidazole rings is 1. The number of aryl methyl sites for hydroxylation is 1. The lowest BCUT2D eigenvalue weighted by atomic mass is 10.2. The third kappa shape index (κ3) is 3.36. The number of benzene rings is 1. The van der Waals surface area contributed by atoms with E-state index in [0.717, 1.165) is 23.4 Å². The Hall–Kier alpha value is -2.82. The first kappa shape index (κ1) is 15.7. The van der Waals surface area contributed by atoms with Crippen molar-refractivity contribution in [1.82, 2.24) is 14.3 Å². The molecule has 1 N–H and O–H groups in total. The summed E-state index contributed by atoms with van der Waals surface area (Å²) in [6, 6.07) is 12.9. The van der Waals surface area contributed by atoms with E-state index in [0.29, 0.717) is 18.2 Å². The number of amides is 1. The zero-order valence-corrected chi connectivity index (χ0v) is 14.2. The zero-order chi connectivity index (χ0) is 17.4. The van der Waals surface area contributed by atoms with Crippen molar-refractivity contribution in [3.05, 3.63) is 65.6 Å². The third-order valence-electron chi connectivity index (χ3n) is 4.69. The maximum Gasteiger partial charge on any atom is 0.274 e. The number of phenols is 1. The van der Waals surface area contributed by atoms with Crippen LogP contribution >= 0.6 is 0 Å². The van der Waals surface area contributed by atoms with Gasteiger partial charge in [0.05, 0.1) is 0 Å². The van der Waals surface area contributed by atoms with E-state index >= 15 is 0 Å². The van der Waals surface area contributed by atoms with Gasteiger partial charge in [-0.1, -0.05) is 18.2 Å². The van der Waals surface area contributed by atoms with E-state index in [-0.39, 0.29) is 11.7 Å². The largest absolute Gasteiger partial charge is 0.508 e. The van der Waals surface area contributed by atoms with Crippen LogP contribution in [0, 0.1) is 12.8 Å². The molecule has 1 aromatic carbocycles. The summed E-state index contributed by atoms with van der Waals surface area (Å²) in [6.45, 7) is 3.29. The first-order valence-corrected chi connectivity index (χ1v) is 8.62. The van der Waals surface area contributed by atoms with Crippen LogP contribution < -0.4 is 0 Å². The molecule has 5 heteroatoms. The standard InChI is InChI=1S/C20H21N3O2/c1-14-3-2-4-19-21-18(13-23(14)19)20(25)22(11-15-5-6-15)12-16-7-9-17(24)10-8-16/h2-4,7-10,13,15,24H,5-6,11-12H2,1H3. The normalized spacial score (nSPS) is 14.0. The lowest BCUT2D eigenvalue weighted by Gasteiger charge is -2.22. The number of nitrogens with zero attached hydrogens (tertiary/aromatic N) is 3. The topological polar surface area (TPSA) is 57.8 Å². The highest BCUT2D eigenvalue weighted by molar-refractivity contribution is 5.93. The summed E-state index contributed by atoms with van der Waals surface area (Å²) < 4.78 is 1.95. The summed E-state index contributed by atoms with van der Waals surface area (Å²) in [5.74, 6) is 0.794. The molecule has 0 radical (unpaired) electrons. The zero-order valence-electron chi connectivity index (χ0n) is 14.2. The molecule has 3 aromatic rings. The molecule has 0 bridgehead atoms. The van der Waals surface area contributed by atoms with Crippen molar-refractivity contribution >= 4 is 11.6 Å². The molecule has 2 aromatic heterocycles. The maximum absolute atomic E-state index is 13.1. The number of fused-ring (bicyclic) bond motifs is 1.